The molecule has 0 spiro atoms. The smallest absolute Gasteiger partial charge is 0.360 e. The monoisotopic (exact) mass is 346 g/mol. The molecule has 2 heterocycles. The molecule has 1 aliphatic heterocycles. The molecule has 1 atom stereocenters. The van der Waals surface area contributed by atoms with E-state index in [-0.39, 0.29) is 13.2 Å². The van der Waals surface area contributed by atoms with Gasteiger partial charge in [-0.3, -0.25) is 4.57 Å². The Morgan fingerprint density at radius 2 is 2.12 bits per heavy atom. The zero-order valence-electron chi connectivity index (χ0n) is 13.5. The SMILES string of the molecule is C=C=CC1(OC(=O)c2c(F)nc(F)n2[C@H](C)c2ccccc2)COC1. The van der Waals surface area contributed by atoms with Crippen LogP contribution in [0.15, 0.2) is 48.7 Å². The number of aromatic nitrogens is 2. The maximum absolute atomic E-state index is 14.2. The number of benzene rings is 1. The van der Waals surface area contributed by atoms with Crippen LogP contribution in [-0.4, -0.2) is 34.3 Å². The van der Waals surface area contributed by atoms with Gasteiger partial charge in [-0.1, -0.05) is 36.9 Å². The van der Waals surface area contributed by atoms with Crippen molar-refractivity contribution in [1.29, 1.82) is 0 Å². The second-order valence-corrected chi connectivity index (χ2v) is 5.77. The summed E-state index contributed by atoms with van der Waals surface area (Å²) in [6.45, 7) is 5.29. The Balaban J connectivity index is 1.97. The second-order valence-electron chi connectivity index (χ2n) is 5.77. The minimum absolute atomic E-state index is 0.105. The molecule has 1 saturated heterocycles. The Labute approximate surface area is 143 Å². The molecule has 3 rings (SSSR count). The van der Waals surface area contributed by atoms with Crippen LogP contribution in [0.25, 0.3) is 0 Å². The third-order valence-corrected chi connectivity index (χ3v) is 4.04. The summed E-state index contributed by atoms with van der Waals surface area (Å²) in [7, 11) is 0. The van der Waals surface area contributed by atoms with Gasteiger partial charge in [0.05, 0.1) is 19.3 Å². The third kappa shape index (κ3) is 3.12. The van der Waals surface area contributed by atoms with Gasteiger partial charge in [0.25, 0.3) is 6.08 Å². The lowest BCUT2D eigenvalue weighted by Crippen LogP contribution is -2.51. The van der Waals surface area contributed by atoms with Crippen LogP contribution in [0, 0.1) is 12.0 Å². The number of esters is 1. The van der Waals surface area contributed by atoms with Crippen molar-refractivity contribution in [2.24, 2.45) is 0 Å². The number of carbonyl (C=O) groups excluding carboxylic acids is 1. The first kappa shape index (κ1) is 17.1. The Morgan fingerprint density at radius 3 is 2.68 bits per heavy atom. The standard InChI is InChI=1S/C18H16F2N2O3/c1-3-9-18(10-24-11-18)25-16(23)14-15(19)21-17(20)22(14)12(2)13-7-5-4-6-8-13/h4-9,12H,1,10-11H2,2H3/t12-/m1/s1. The van der Waals surface area contributed by atoms with Gasteiger partial charge in [-0.05, 0) is 12.5 Å². The largest absolute Gasteiger partial charge is 0.444 e. The number of halogens is 2. The number of hydrogen-bond donors (Lipinski definition) is 0. The molecule has 0 bridgehead atoms. The van der Waals surface area contributed by atoms with Crippen LogP contribution < -0.4 is 0 Å². The van der Waals surface area contributed by atoms with Crippen molar-refractivity contribution >= 4 is 5.97 Å². The molecule has 0 aliphatic carbocycles. The van der Waals surface area contributed by atoms with E-state index in [2.05, 4.69) is 17.3 Å². The summed E-state index contributed by atoms with van der Waals surface area (Å²) in [5, 5.41) is 0. The topological polar surface area (TPSA) is 53.3 Å². The van der Waals surface area contributed by atoms with Crippen molar-refractivity contribution in [3.05, 3.63) is 72.0 Å². The van der Waals surface area contributed by atoms with Gasteiger partial charge in [0.15, 0.2) is 11.3 Å². The van der Waals surface area contributed by atoms with Gasteiger partial charge in [-0.25, -0.2) is 4.79 Å². The summed E-state index contributed by atoms with van der Waals surface area (Å²) in [4.78, 5) is 15.7. The Morgan fingerprint density at radius 1 is 1.44 bits per heavy atom. The molecule has 25 heavy (non-hydrogen) atoms. The number of ether oxygens (including phenoxy) is 2. The van der Waals surface area contributed by atoms with Crippen LogP contribution in [0.5, 0.6) is 0 Å². The van der Waals surface area contributed by atoms with Gasteiger partial charge in [-0.2, -0.15) is 13.8 Å². The Hall–Kier alpha value is -2.76. The van der Waals surface area contributed by atoms with Crippen LogP contribution in [-0.2, 0) is 9.47 Å². The number of rotatable bonds is 5. The van der Waals surface area contributed by atoms with Gasteiger partial charge < -0.3 is 9.47 Å². The molecule has 1 aliphatic rings. The molecule has 1 aromatic carbocycles. The van der Waals surface area contributed by atoms with Crippen molar-refractivity contribution in [3.63, 3.8) is 0 Å². The van der Waals surface area contributed by atoms with Crippen LogP contribution in [0.4, 0.5) is 8.78 Å². The van der Waals surface area contributed by atoms with Crippen LogP contribution in [0.2, 0.25) is 0 Å². The van der Waals surface area contributed by atoms with Crippen LogP contribution in [0.1, 0.15) is 29.0 Å². The predicted molar refractivity (Wildman–Crippen MR) is 85.1 cm³/mol. The Kier molecular flexibility index (Phi) is 4.53. The molecule has 5 nitrogen and oxygen atoms in total. The molecule has 7 heteroatoms. The average molecular weight is 346 g/mol. The van der Waals surface area contributed by atoms with Crippen molar-refractivity contribution in [2.75, 3.05) is 13.2 Å². The summed E-state index contributed by atoms with van der Waals surface area (Å²) in [5.41, 5.74) is 1.59. The first-order valence-electron chi connectivity index (χ1n) is 7.64. The highest BCUT2D eigenvalue weighted by Gasteiger charge is 2.42. The zero-order chi connectivity index (χ0) is 18.0. The molecule has 0 saturated carbocycles. The average Bonchev–Trinajstić information content (AvgIpc) is 2.87. The van der Waals surface area contributed by atoms with Gasteiger partial charge >= 0.3 is 5.97 Å². The molecule has 130 valence electrons. The van der Waals surface area contributed by atoms with E-state index in [4.69, 9.17) is 9.47 Å². The fourth-order valence-electron chi connectivity index (χ4n) is 2.69. The maximum atomic E-state index is 14.2. The van der Waals surface area contributed by atoms with Gasteiger partial charge in [0.2, 0.25) is 5.95 Å². The van der Waals surface area contributed by atoms with E-state index in [0.717, 1.165) is 4.57 Å². The lowest BCUT2D eigenvalue weighted by molar-refractivity contribution is -0.152. The van der Waals surface area contributed by atoms with Crippen molar-refractivity contribution in [1.82, 2.24) is 9.55 Å². The summed E-state index contributed by atoms with van der Waals surface area (Å²) in [6, 6.07) is 8.19. The molecule has 1 aromatic heterocycles. The highest BCUT2D eigenvalue weighted by molar-refractivity contribution is 5.88. The summed E-state index contributed by atoms with van der Waals surface area (Å²) in [5.74, 6) is -2.24. The molecule has 1 fully saturated rings. The van der Waals surface area contributed by atoms with Gasteiger partial charge in [0.1, 0.15) is 0 Å². The fourth-order valence-corrected chi connectivity index (χ4v) is 2.69. The van der Waals surface area contributed by atoms with E-state index in [0.29, 0.717) is 5.56 Å². The zero-order valence-corrected chi connectivity index (χ0v) is 13.5. The maximum Gasteiger partial charge on any atom is 0.360 e. The fraction of sp³-hybridized carbons (Fsp3) is 0.278. The molecule has 0 amide bonds. The van der Waals surface area contributed by atoms with E-state index >= 15 is 0 Å². The van der Waals surface area contributed by atoms with Crippen molar-refractivity contribution in [2.45, 2.75) is 18.6 Å². The number of nitrogens with zero attached hydrogens (tertiary/aromatic N) is 2. The molecule has 2 aromatic rings. The van der Waals surface area contributed by atoms with E-state index < -0.39 is 35.3 Å². The molecule has 0 N–H and O–H groups in total. The molecule has 0 radical (unpaired) electrons. The summed E-state index contributed by atoms with van der Waals surface area (Å²) in [6.07, 6.45) is 0.336. The highest BCUT2D eigenvalue weighted by Crippen LogP contribution is 2.28. The molecular formula is C18H16F2N2O3. The highest BCUT2D eigenvalue weighted by atomic mass is 19.1. The summed E-state index contributed by atoms with van der Waals surface area (Å²) >= 11 is 0. The number of carbonyl (C=O) groups is 1. The first-order valence-corrected chi connectivity index (χ1v) is 7.64. The van der Waals surface area contributed by atoms with Gasteiger partial charge in [0, 0.05) is 6.08 Å². The minimum Gasteiger partial charge on any atom is -0.444 e. The van der Waals surface area contributed by atoms with E-state index in [1.807, 2.05) is 0 Å². The van der Waals surface area contributed by atoms with Crippen molar-refractivity contribution < 1.29 is 23.0 Å². The molecular weight excluding hydrogens is 330 g/mol. The van der Waals surface area contributed by atoms with Crippen molar-refractivity contribution in [3.8, 4) is 0 Å². The predicted octanol–water partition coefficient (Wildman–Crippen LogP) is 3.04. The lowest BCUT2D eigenvalue weighted by atomic mass is 10.0. The minimum atomic E-state index is -1.22. The normalized spacial score (nSPS) is 16.4. The number of hydrogen-bond acceptors (Lipinski definition) is 4. The Bertz CT molecular complexity index is 838. The van der Waals surface area contributed by atoms with E-state index in [1.165, 1.54) is 6.08 Å². The lowest BCUT2D eigenvalue weighted by Gasteiger charge is -2.37. The number of imidazole rings is 1. The summed E-state index contributed by atoms with van der Waals surface area (Å²) < 4.78 is 39.6. The third-order valence-electron chi connectivity index (χ3n) is 4.04. The van der Waals surface area contributed by atoms with E-state index in [9.17, 15) is 13.6 Å². The van der Waals surface area contributed by atoms with Crippen LogP contribution in [0.3, 0.4) is 0 Å². The molecule has 0 unspecified atom stereocenters. The van der Waals surface area contributed by atoms with Crippen LogP contribution >= 0.6 is 0 Å². The quantitative estimate of drug-likeness (QED) is 0.617. The van der Waals surface area contributed by atoms with E-state index in [1.54, 1.807) is 37.3 Å². The van der Waals surface area contributed by atoms with Gasteiger partial charge in [-0.15, -0.1) is 5.73 Å². The first-order chi connectivity index (χ1) is 12.0. The second kappa shape index (κ2) is 6.63.